The number of hydrogen-bond donors (Lipinski definition) is 3. The van der Waals surface area contributed by atoms with Gasteiger partial charge in [-0.15, -0.1) is 0 Å². The Balaban J connectivity index is 1.71. The van der Waals surface area contributed by atoms with Gasteiger partial charge in [-0.05, 0) is 49.8 Å². The number of fused-ring (bicyclic) bond motifs is 1. The summed E-state index contributed by atoms with van der Waals surface area (Å²) in [5.74, 6) is 0.316. The molecule has 9 nitrogen and oxygen atoms in total. The quantitative estimate of drug-likeness (QED) is 0.343. The summed E-state index contributed by atoms with van der Waals surface area (Å²) in [6.07, 6.45) is 4.53. The van der Waals surface area contributed by atoms with E-state index in [4.69, 9.17) is 10.7 Å². The Morgan fingerprint density at radius 3 is 2.69 bits per heavy atom. The lowest BCUT2D eigenvalue weighted by Crippen LogP contribution is -2.26. The van der Waals surface area contributed by atoms with E-state index in [1.165, 1.54) is 6.08 Å². The molecule has 0 saturated heterocycles. The molecule has 184 valence electrons. The summed E-state index contributed by atoms with van der Waals surface area (Å²) in [6, 6.07) is 12.5. The largest absolute Gasteiger partial charge is 0.382 e. The zero-order valence-electron chi connectivity index (χ0n) is 20.7. The third-order valence-electron chi connectivity index (χ3n) is 5.89. The Morgan fingerprint density at radius 1 is 1.19 bits per heavy atom. The van der Waals surface area contributed by atoms with Gasteiger partial charge in [0.1, 0.15) is 22.9 Å². The number of anilines is 3. The Kier molecular flexibility index (Phi) is 6.73. The lowest BCUT2D eigenvalue weighted by atomic mass is 10.1. The summed E-state index contributed by atoms with van der Waals surface area (Å²) in [5, 5.41) is 5.80. The summed E-state index contributed by atoms with van der Waals surface area (Å²) in [5.41, 5.74) is 11.4. The Bertz CT molecular complexity index is 1470. The first-order valence-corrected chi connectivity index (χ1v) is 11.4. The fourth-order valence-electron chi connectivity index (χ4n) is 4.11. The van der Waals surface area contributed by atoms with Gasteiger partial charge in [-0.3, -0.25) is 14.0 Å². The van der Waals surface area contributed by atoms with Gasteiger partial charge < -0.3 is 21.3 Å². The van der Waals surface area contributed by atoms with Gasteiger partial charge in [0.15, 0.2) is 0 Å². The second-order valence-corrected chi connectivity index (χ2v) is 8.71. The maximum Gasteiger partial charge on any atom is 0.255 e. The molecule has 0 fully saturated rings. The van der Waals surface area contributed by atoms with Crippen molar-refractivity contribution in [3.63, 3.8) is 0 Å². The molecule has 0 spiro atoms. The zero-order chi connectivity index (χ0) is 26.0. The summed E-state index contributed by atoms with van der Waals surface area (Å²) in [4.78, 5) is 36.0. The number of carbonyl (C=O) groups excluding carboxylic acids is 2. The molecule has 1 atom stereocenters. The molecule has 4 N–H and O–H groups in total. The van der Waals surface area contributed by atoms with Gasteiger partial charge in [-0.25, -0.2) is 9.97 Å². The molecule has 36 heavy (non-hydrogen) atoms. The number of nitrogens with two attached hydrogens (primary N) is 1. The van der Waals surface area contributed by atoms with Crippen molar-refractivity contribution in [1.29, 1.82) is 0 Å². The monoisotopic (exact) mass is 483 g/mol. The number of imidazole rings is 1. The first kappa shape index (κ1) is 24.5. The average molecular weight is 484 g/mol. The van der Waals surface area contributed by atoms with Crippen molar-refractivity contribution in [3.8, 4) is 11.3 Å². The van der Waals surface area contributed by atoms with E-state index in [0.29, 0.717) is 39.7 Å². The first-order valence-electron chi connectivity index (χ1n) is 11.4. The predicted molar refractivity (Wildman–Crippen MR) is 143 cm³/mol. The molecule has 4 rings (SSSR count). The highest BCUT2D eigenvalue weighted by Crippen LogP contribution is 2.31. The Labute approximate surface area is 209 Å². The summed E-state index contributed by atoms with van der Waals surface area (Å²) >= 11 is 0. The van der Waals surface area contributed by atoms with Crippen LogP contribution < -0.4 is 21.3 Å². The van der Waals surface area contributed by atoms with Gasteiger partial charge in [0.25, 0.3) is 5.91 Å². The fourth-order valence-corrected chi connectivity index (χ4v) is 4.11. The van der Waals surface area contributed by atoms with E-state index in [1.54, 1.807) is 35.0 Å². The molecule has 0 aliphatic carbocycles. The van der Waals surface area contributed by atoms with Crippen molar-refractivity contribution in [2.45, 2.75) is 19.9 Å². The molecule has 2 heterocycles. The SMILES string of the molecule is C=CC(=O)N[C@@H](C)c1nc(-c2cccc(C(=O)Nc3ccc(C)c(N(C)C)c3)c2)c2c(N)nccn12. The number of nitrogens with one attached hydrogen (secondary N) is 2. The van der Waals surface area contributed by atoms with Gasteiger partial charge in [0, 0.05) is 49.0 Å². The van der Waals surface area contributed by atoms with Crippen LogP contribution in [0, 0.1) is 6.92 Å². The molecule has 2 aromatic heterocycles. The van der Waals surface area contributed by atoms with Crippen LogP contribution in [0.1, 0.15) is 34.7 Å². The summed E-state index contributed by atoms with van der Waals surface area (Å²) < 4.78 is 1.80. The zero-order valence-corrected chi connectivity index (χ0v) is 20.7. The van der Waals surface area contributed by atoms with E-state index < -0.39 is 6.04 Å². The minimum Gasteiger partial charge on any atom is -0.382 e. The van der Waals surface area contributed by atoms with Crippen molar-refractivity contribution in [2.24, 2.45) is 0 Å². The van der Waals surface area contributed by atoms with Crippen molar-refractivity contribution in [2.75, 3.05) is 30.0 Å². The second kappa shape index (κ2) is 9.91. The number of hydrogen-bond acceptors (Lipinski definition) is 6. The maximum atomic E-state index is 13.1. The molecule has 0 bridgehead atoms. The molecule has 2 aromatic carbocycles. The average Bonchev–Trinajstić information content (AvgIpc) is 3.26. The fraction of sp³-hybridized carbons (Fsp3) is 0.185. The highest BCUT2D eigenvalue weighted by molar-refractivity contribution is 6.05. The molecule has 4 aromatic rings. The Morgan fingerprint density at radius 2 is 1.97 bits per heavy atom. The molecule has 9 heteroatoms. The lowest BCUT2D eigenvalue weighted by Gasteiger charge is -2.17. The molecule has 0 unspecified atom stereocenters. The van der Waals surface area contributed by atoms with E-state index in [9.17, 15) is 9.59 Å². The standard InChI is InChI=1S/C27H29N7O2/c1-6-22(35)30-17(3)26-32-23(24-25(28)29-12-13-34(24)26)18-8-7-9-19(14-18)27(36)31-20-11-10-16(2)21(15-20)33(4)5/h6-15,17H,1H2,2-5H3,(H2,28,29)(H,30,35)(H,31,36)/t17-/m0/s1. The Hall–Kier alpha value is -4.66. The smallest absolute Gasteiger partial charge is 0.255 e. The highest BCUT2D eigenvalue weighted by atomic mass is 16.2. The van der Waals surface area contributed by atoms with E-state index >= 15 is 0 Å². The van der Waals surface area contributed by atoms with Crippen molar-refractivity contribution in [1.82, 2.24) is 19.7 Å². The number of nitrogen functional groups attached to an aromatic ring is 1. The lowest BCUT2D eigenvalue weighted by molar-refractivity contribution is -0.117. The number of aromatic nitrogens is 3. The van der Waals surface area contributed by atoms with Crippen LogP contribution in [-0.4, -0.2) is 40.3 Å². The van der Waals surface area contributed by atoms with E-state index in [2.05, 4.69) is 22.2 Å². The van der Waals surface area contributed by atoms with Gasteiger partial charge in [0.05, 0.1) is 6.04 Å². The summed E-state index contributed by atoms with van der Waals surface area (Å²) in [6.45, 7) is 7.35. The number of benzene rings is 2. The van der Waals surface area contributed by atoms with Crippen LogP contribution in [0.25, 0.3) is 16.8 Å². The molecular weight excluding hydrogens is 454 g/mol. The second-order valence-electron chi connectivity index (χ2n) is 8.71. The number of amides is 2. The molecular formula is C27H29N7O2. The topological polar surface area (TPSA) is 118 Å². The molecule has 2 amide bonds. The van der Waals surface area contributed by atoms with Crippen LogP contribution in [0.3, 0.4) is 0 Å². The third-order valence-corrected chi connectivity index (χ3v) is 5.89. The predicted octanol–water partition coefficient (Wildman–Crippen LogP) is 3.97. The number of rotatable bonds is 7. The van der Waals surface area contributed by atoms with Crippen LogP contribution >= 0.6 is 0 Å². The van der Waals surface area contributed by atoms with Gasteiger partial charge in [-0.2, -0.15) is 0 Å². The molecule has 0 saturated carbocycles. The highest BCUT2D eigenvalue weighted by Gasteiger charge is 2.21. The van der Waals surface area contributed by atoms with Crippen LogP contribution in [-0.2, 0) is 4.79 Å². The van der Waals surface area contributed by atoms with Crippen LogP contribution in [0.5, 0.6) is 0 Å². The van der Waals surface area contributed by atoms with Crippen LogP contribution in [0.15, 0.2) is 67.5 Å². The van der Waals surface area contributed by atoms with Gasteiger partial charge >= 0.3 is 0 Å². The normalized spacial score (nSPS) is 11.7. The van der Waals surface area contributed by atoms with E-state index in [-0.39, 0.29) is 11.8 Å². The number of aryl methyl sites for hydroxylation is 1. The van der Waals surface area contributed by atoms with E-state index in [1.807, 2.05) is 57.1 Å². The molecule has 0 aliphatic rings. The third kappa shape index (κ3) is 4.76. The van der Waals surface area contributed by atoms with E-state index in [0.717, 1.165) is 11.3 Å². The minimum absolute atomic E-state index is 0.244. The molecule has 0 radical (unpaired) electrons. The number of carbonyl (C=O) groups is 2. The van der Waals surface area contributed by atoms with Gasteiger partial charge in [0.2, 0.25) is 5.91 Å². The van der Waals surface area contributed by atoms with Crippen LogP contribution in [0.2, 0.25) is 0 Å². The van der Waals surface area contributed by atoms with Crippen molar-refractivity contribution < 1.29 is 9.59 Å². The summed E-state index contributed by atoms with van der Waals surface area (Å²) in [7, 11) is 3.93. The first-order chi connectivity index (χ1) is 17.2. The van der Waals surface area contributed by atoms with Gasteiger partial charge in [-0.1, -0.05) is 24.8 Å². The molecule has 0 aliphatic heterocycles. The minimum atomic E-state index is -0.419. The van der Waals surface area contributed by atoms with Crippen LogP contribution in [0.4, 0.5) is 17.2 Å². The maximum absolute atomic E-state index is 13.1. The van der Waals surface area contributed by atoms with Crippen molar-refractivity contribution in [3.05, 3.63) is 84.5 Å². The van der Waals surface area contributed by atoms with Crippen molar-refractivity contribution >= 4 is 34.5 Å². The number of nitrogens with zero attached hydrogens (tertiary/aromatic N) is 4.